The van der Waals surface area contributed by atoms with Crippen molar-refractivity contribution < 1.29 is 13.9 Å². The molecular weight excluding hydrogens is 252 g/mol. The van der Waals surface area contributed by atoms with Crippen LogP contribution in [0.25, 0.3) is 16.5 Å². The van der Waals surface area contributed by atoms with E-state index in [2.05, 4.69) is 24.3 Å². The monoisotopic (exact) mass is 268 g/mol. The number of fused-ring (bicyclic) bond motifs is 1. The Morgan fingerprint density at radius 1 is 1.35 bits per heavy atom. The van der Waals surface area contributed by atoms with Gasteiger partial charge in [0.1, 0.15) is 5.58 Å². The first-order chi connectivity index (χ1) is 9.78. The van der Waals surface area contributed by atoms with E-state index in [0.29, 0.717) is 12.2 Å². The molecule has 3 rings (SSSR count). The minimum atomic E-state index is -0.412. The molecule has 0 bridgehead atoms. The number of carbonyl (C=O) groups excluding carboxylic acids is 1. The lowest BCUT2D eigenvalue weighted by molar-refractivity contribution is 0.0492. The summed E-state index contributed by atoms with van der Waals surface area (Å²) in [4.78, 5) is 11.7. The van der Waals surface area contributed by atoms with Crippen LogP contribution in [-0.4, -0.2) is 12.6 Å². The Bertz CT molecular complexity index is 704. The highest BCUT2D eigenvalue weighted by molar-refractivity contribution is 5.93. The summed E-state index contributed by atoms with van der Waals surface area (Å²) in [6, 6.07) is 7.75. The van der Waals surface area contributed by atoms with Crippen LogP contribution < -0.4 is 0 Å². The summed E-state index contributed by atoms with van der Waals surface area (Å²) in [7, 11) is 0. The molecule has 0 aliphatic heterocycles. The zero-order valence-corrected chi connectivity index (χ0v) is 11.4. The van der Waals surface area contributed by atoms with E-state index in [1.807, 2.05) is 12.1 Å². The Balaban J connectivity index is 1.97. The predicted octanol–water partition coefficient (Wildman–Crippen LogP) is 4.34. The molecule has 0 N–H and O–H groups in total. The molecule has 1 aliphatic rings. The number of esters is 1. The number of hydrogen-bond donors (Lipinski definition) is 0. The lowest BCUT2D eigenvalue weighted by atomic mass is 9.97. The average Bonchev–Trinajstić information content (AvgIpc) is 2.91. The normalized spacial score (nSPS) is 14.3. The van der Waals surface area contributed by atoms with E-state index in [9.17, 15) is 4.79 Å². The van der Waals surface area contributed by atoms with Crippen molar-refractivity contribution in [2.45, 2.75) is 19.8 Å². The van der Waals surface area contributed by atoms with E-state index in [1.165, 1.54) is 11.1 Å². The van der Waals surface area contributed by atoms with E-state index in [-0.39, 0.29) is 5.76 Å². The molecule has 0 saturated carbocycles. The zero-order valence-electron chi connectivity index (χ0n) is 11.4. The molecule has 2 aromatic rings. The molecule has 1 heterocycles. The fraction of sp³-hybridized carbons (Fsp3) is 0.235. The Kier molecular flexibility index (Phi) is 3.42. The van der Waals surface area contributed by atoms with Crippen LogP contribution >= 0.6 is 0 Å². The molecule has 1 aliphatic carbocycles. The number of rotatable bonds is 3. The third kappa shape index (κ3) is 2.39. The van der Waals surface area contributed by atoms with Gasteiger partial charge >= 0.3 is 5.97 Å². The van der Waals surface area contributed by atoms with Crippen molar-refractivity contribution in [3.63, 3.8) is 0 Å². The summed E-state index contributed by atoms with van der Waals surface area (Å²) in [6.07, 6.45) is 8.51. The van der Waals surface area contributed by atoms with Crippen LogP contribution in [0, 0.1) is 0 Å². The number of hydrogen-bond acceptors (Lipinski definition) is 3. The highest BCUT2D eigenvalue weighted by Gasteiger charge is 2.14. The third-order valence-electron chi connectivity index (χ3n) is 3.38. The number of carbonyl (C=O) groups is 1. The van der Waals surface area contributed by atoms with Crippen LogP contribution in [-0.2, 0) is 4.74 Å². The Morgan fingerprint density at radius 3 is 3.00 bits per heavy atom. The van der Waals surface area contributed by atoms with Crippen molar-refractivity contribution in [1.82, 2.24) is 0 Å². The molecule has 20 heavy (non-hydrogen) atoms. The maximum absolute atomic E-state index is 11.7. The molecule has 1 aromatic heterocycles. The van der Waals surface area contributed by atoms with E-state index in [0.717, 1.165) is 18.2 Å². The van der Waals surface area contributed by atoms with Crippen molar-refractivity contribution >= 4 is 22.5 Å². The molecule has 0 atom stereocenters. The van der Waals surface area contributed by atoms with Crippen LogP contribution in [0.5, 0.6) is 0 Å². The van der Waals surface area contributed by atoms with Gasteiger partial charge in [0, 0.05) is 5.39 Å². The minimum absolute atomic E-state index is 0.261. The van der Waals surface area contributed by atoms with Crippen molar-refractivity contribution in [2.24, 2.45) is 0 Å². The largest absolute Gasteiger partial charge is 0.460 e. The van der Waals surface area contributed by atoms with E-state index >= 15 is 0 Å². The first kappa shape index (κ1) is 12.7. The maximum Gasteiger partial charge on any atom is 0.374 e. The second-order valence-corrected chi connectivity index (χ2v) is 4.74. The number of allylic oxidation sites excluding steroid dienone is 4. The van der Waals surface area contributed by atoms with Crippen molar-refractivity contribution in [2.75, 3.05) is 6.61 Å². The quantitative estimate of drug-likeness (QED) is 0.777. The van der Waals surface area contributed by atoms with Gasteiger partial charge in [-0.2, -0.15) is 0 Å². The molecule has 0 unspecified atom stereocenters. The summed E-state index contributed by atoms with van der Waals surface area (Å²) in [5, 5.41) is 0.931. The summed E-state index contributed by atoms with van der Waals surface area (Å²) in [6.45, 7) is 2.13. The standard InChI is InChI=1S/C17H16O3/c1-2-19-17(18)16-11-14-10-13(8-9-15(14)20-16)12-6-4-3-5-7-12/h3-4,6,8-11H,2,5,7H2,1H3. The second kappa shape index (κ2) is 5.37. The molecule has 0 saturated heterocycles. The molecule has 0 amide bonds. The van der Waals surface area contributed by atoms with Crippen LogP contribution in [0.3, 0.4) is 0 Å². The van der Waals surface area contributed by atoms with Gasteiger partial charge in [-0.1, -0.05) is 24.3 Å². The van der Waals surface area contributed by atoms with Gasteiger partial charge < -0.3 is 9.15 Å². The lowest BCUT2D eigenvalue weighted by Crippen LogP contribution is -2.02. The van der Waals surface area contributed by atoms with Gasteiger partial charge in [0.05, 0.1) is 6.61 Å². The van der Waals surface area contributed by atoms with Gasteiger partial charge in [-0.05, 0) is 49.1 Å². The van der Waals surface area contributed by atoms with Gasteiger partial charge in [0.25, 0.3) is 0 Å². The number of furan rings is 1. The Hall–Kier alpha value is -2.29. The molecule has 1 aromatic carbocycles. The lowest BCUT2D eigenvalue weighted by Gasteiger charge is -2.08. The number of ether oxygens (including phenoxy) is 1. The highest BCUT2D eigenvalue weighted by atomic mass is 16.5. The second-order valence-electron chi connectivity index (χ2n) is 4.74. The predicted molar refractivity (Wildman–Crippen MR) is 78.5 cm³/mol. The first-order valence-corrected chi connectivity index (χ1v) is 6.84. The fourth-order valence-corrected chi connectivity index (χ4v) is 2.39. The first-order valence-electron chi connectivity index (χ1n) is 6.84. The summed E-state index contributed by atoms with van der Waals surface area (Å²) < 4.78 is 10.5. The molecule has 0 spiro atoms. The fourth-order valence-electron chi connectivity index (χ4n) is 2.39. The van der Waals surface area contributed by atoms with Crippen molar-refractivity contribution in [3.05, 3.63) is 53.8 Å². The Labute approximate surface area is 117 Å². The van der Waals surface area contributed by atoms with E-state index in [1.54, 1.807) is 13.0 Å². The third-order valence-corrected chi connectivity index (χ3v) is 3.38. The van der Waals surface area contributed by atoms with Crippen LogP contribution in [0.2, 0.25) is 0 Å². The molecule has 0 fully saturated rings. The van der Waals surface area contributed by atoms with Gasteiger partial charge in [0.15, 0.2) is 0 Å². The summed E-state index contributed by atoms with van der Waals surface area (Å²) in [5.74, 6) is -0.151. The van der Waals surface area contributed by atoms with Crippen molar-refractivity contribution in [1.29, 1.82) is 0 Å². The molecule has 0 radical (unpaired) electrons. The SMILES string of the molecule is CCOC(=O)c1cc2cc(C3=CC=CCC3)ccc2o1. The van der Waals surface area contributed by atoms with Gasteiger partial charge in [-0.25, -0.2) is 4.79 Å². The number of benzene rings is 1. The Morgan fingerprint density at radius 2 is 2.25 bits per heavy atom. The summed E-state index contributed by atoms with van der Waals surface area (Å²) in [5.41, 5.74) is 3.20. The van der Waals surface area contributed by atoms with Crippen LogP contribution in [0.4, 0.5) is 0 Å². The van der Waals surface area contributed by atoms with Gasteiger partial charge in [-0.3, -0.25) is 0 Å². The molecule has 3 heteroatoms. The zero-order chi connectivity index (χ0) is 13.9. The maximum atomic E-state index is 11.7. The summed E-state index contributed by atoms with van der Waals surface area (Å²) >= 11 is 0. The van der Waals surface area contributed by atoms with Gasteiger partial charge in [-0.15, -0.1) is 0 Å². The molecular formula is C17H16O3. The van der Waals surface area contributed by atoms with Crippen LogP contribution in [0.1, 0.15) is 35.9 Å². The van der Waals surface area contributed by atoms with Gasteiger partial charge in [0.2, 0.25) is 5.76 Å². The molecule has 3 nitrogen and oxygen atoms in total. The van der Waals surface area contributed by atoms with E-state index in [4.69, 9.17) is 9.15 Å². The van der Waals surface area contributed by atoms with Crippen molar-refractivity contribution in [3.8, 4) is 0 Å². The highest BCUT2D eigenvalue weighted by Crippen LogP contribution is 2.28. The topological polar surface area (TPSA) is 39.4 Å². The van der Waals surface area contributed by atoms with Crippen LogP contribution in [0.15, 0.2) is 46.9 Å². The van der Waals surface area contributed by atoms with E-state index < -0.39 is 5.97 Å². The smallest absolute Gasteiger partial charge is 0.374 e. The molecule has 102 valence electrons. The minimum Gasteiger partial charge on any atom is -0.460 e. The average molecular weight is 268 g/mol.